The summed E-state index contributed by atoms with van der Waals surface area (Å²) in [6, 6.07) is 6.32. The molecule has 1 N–H and O–H groups in total. The van der Waals surface area contributed by atoms with Crippen LogP contribution in [0.2, 0.25) is 5.02 Å². The van der Waals surface area contributed by atoms with Crippen LogP contribution in [0.15, 0.2) is 30.0 Å². The van der Waals surface area contributed by atoms with E-state index in [2.05, 4.69) is 59.7 Å². The Hall–Kier alpha value is -1.81. The van der Waals surface area contributed by atoms with Gasteiger partial charge in [0.05, 0.1) is 11.0 Å². The number of carbonyl (C=O) groups excluding carboxylic acids is 1. The largest absolute Gasteiger partial charge is 0.481 e. The average Bonchev–Trinajstić information content (AvgIpc) is 2.58. The molecule has 4 aliphatic rings. The molecule has 0 radical (unpaired) electrons. The Morgan fingerprint density at radius 1 is 1.22 bits per heavy atom. The van der Waals surface area contributed by atoms with Crippen molar-refractivity contribution < 1.29 is 14.7 Å². The Morgan fingerprint density at radius 3 is 2.34 bits per heavy atom. The van der Waals surface area contributed by atoms with Crippen LogP contribution < -0.4 is 0 Å². The maximum Gasteiger partial charge on any atom is 0.309 e. The van der Waals surface area contributed by atoms with Gasteiger partial charge in [0, 0.05) is 23.1 Å². The molecule has 1 aromatic carbocycles. The Kier molecular flexibility index (Phi) is 5.36. The fourth-order valence-corrected chi connectivity index (χ4v) is 6.39. The number of nitrogens with zero attached hydrogens (tertiary/aromatic N) is 1. The number of allylic oxidation sites excluding steroid dienone is 1. The van der Waals surface area contributed by atoms with Gasteiger partial charge in [0.1, 0.15) is 0 Å². The molecule has 3 aliphatic carbocycles. The second-order valence-electron chi connectivity index (χ2n) is 12.2. The lowest BCUT2D eigenvalue weighted by Crippen LogP contribution is -2.77. The Bertz CT molecular complexity index is 983. The van der Waals surface area contributed by atoms with Gasteiger partial charge in [-0.2, -0.15) is 0 Å². The zero-order chi connectivity index (χ0) is 23.7. The van der Waals surface area contributed by atoms with Crippen molar-refractivity contribution in [2.45, 2.75) is 91.0 Å². The number of carboxylic acids is 1. The molecule has 32 heavy (non-hydrogen) atoms. The van der Waals surface area contributed by atoms with E-state index in [1.54, 1.807) is 0 Å². The van der Waals surface area contributed by atoms with Crippen LogP contribution in [-0.2, 0) is 21.4 Å². The molecule has 5 rings (SSSR count). The van der Waals surface area contributed by atoms with Gasteiger partial charge in [-0.25, -0.2) is 0 Å². The smallest absolute Gasteiger partial charge is 0.309 e. The summed E-state index contributed by atoms with van der Waals surface area (Å²) < 4.78 is 0. The minimum atomic E-state index is -0.720. The van der Waals surface area contributed by atoms with E-state index in [9.17, 15) is 14.7 Å². The molecule has 174 valence electrons. The zero-order valence-corrected chi connectivity index (χ0v) is 21.0. The van der Waals surface area contributed by atoms with E-state index in [4.69, 9.17) is 11.6 Å². The van der Waals surface area contributed by atoms with Crippen LogP contribution in [0.1, 0.15) is 84.8 Å². The van der Waals surface area contributed by atoms with Gasteiger partial charge in [-0.15, -0.1) is 0 Å². The molecule has 5 heteroatoms. The highest BCUT2D eigenvalue weighted by Crippen LogP contribution is 2.70. The molecule has 0 aromatic heterocycles. The normalized spacial score (nSPS) is 31.8. The molecule has 4 nitrogen and oxygen atoms in total. The van der Waals surface area contributed by atoms with Crippen molar-refractivity contribution in [2.24, 2.45) is 16.7 Å². The van der Waals surface area contributed by atoms with E-state index in [0.717, 1.165) is 29.0 Å². The highest BCUT2D eigenvalue weighted by molar-refractivity contribution is 6.31. The first kappa shape index (κ1) is 23.4. The van der Waals surface area contributed by atoms with Crippen molar-refractivity contribution in [2.75, 3.05) is 0 Å². The third-order valence-electron chi connectivity index (χ3n) is 8.10. The fourth-order valence-electron chi connectivity index (χ4n) is 6.12. The SMILES string of the molecule is CC(C)C1=CN(C23CC(C(=O)O)(C2)C3)C(=O)C[C@@]1(C)c1ccc(CCC(C)(C)C)c(Cl)c1. The molecule has 0 saturated heterocycles. The molecule has 3 fully saturated rings. The maximum atomic E-state index is 13.4. The van der Waals surface area contributed by atoms with Crippen LogP contribution in [0, 0.1) is 16.7 Å². The van der Waals surface area contributed by atoms with Crippen LogP contribution in [0.5, 0.6) is 0 Å². The zero-order valence-electron chi connectivity index (χ0n) is 20.2. The van der Waals surface area contributed by atoms with Crippen molar-refractivity contribution in [3.63, 3.8) is 0 Å². The van der Waals surface area contributed by atoms with Crippen LogP contribution in [-0.4, -0.2) is 27.4 Å². The van der Waals surface area contributed by atoms with E-state index < -0.39 is 16.8 Å². The number of rotatable bonds is 6. The molecule has 1 atom stereocenters. The number of aryl methyl sites for hydroxylation is 1. The summed E-state index contributed by atoms with van der Waals surface area (Å²) in [4.78, 5) is 26.8. The van der Waals surface area contributed by atoms with Gasteiger partial charge in [0.2, 0.25) is 5.91 Å². The molecule has 1 aromatic rings. The molecule has 0 spiro atoms. The Balaban J connectivity index is 1.62. The number of amides is 1. The summed E-state index contributed by atoms with van der Waals surface area (Å²) in [5.74, 6) is -0.373. The summed E-state index contributed by atoms with van der Waals surface area (Å²) in [7, 11) is 0. The van der Waals surface area contributed by atoms with Gasteiger partial charge < -0.3 is 10.0 Å². The molecular weight excluding hydrogens is 422 g/mol. The van der Waals surface area contributed by atoms with Gasteiger partial charge in [-0.3, -0.25) is 9.59 Å². The van der Waals surface area contributed by atoms with Crippen molar-refractivity contribution >= 4 is 23.5 Å². The molecule has 0 unspecified atom stereocenters. The molecule has 1 amide bonds. The first-order chi connectivity index (χ1) is 14.7. The predicted octanol–water partition coefficient (Wildman–Crippen LogP) is 6.36. The monoisotopic (exact) mass is 457 g/mol. The quantitative estimate of drug-likeness (QED) is 0.541. The first-order valence-electron chi connectivity index (χ1n) is 11.8. The van der Waals surface area contributed by atoms with Gasteiger partial charge in [0.15, 0.2) is 0 Å². The topological polar surface area (TPSA) is 57.6 Å². The third-order valence-corrected chi connectivity index (χ3v) is 8.45. The Morgan fingerprint density at radius 2 is 1.84 bits per heavy atom. The lowest BCUT2D eigenvalue weighted by Gasteiger charge is -2.71. The van der Waals surface area contributed by atoms with Gasteiger partial charge in [-0.05, 0) is 66.2 Å². The number of halogens is 1. The standard InChI is InChI=1S/C27H36ClNO3/c1-17(2)20-13-29(27-14-26(15-27,16-27)23(31)32)22(30)12-25(20,6)19-8-7-18(21(28)11-19)9-10-24(3,4)5/h7-8,11,13,17H,9-10,12,14-16H2,1-6H3,(H,31,32)/t25-,26?,27?/m0/s1. The van der Waals surface area contributed by atoms with E-state index in [1.807, 2.05) is 11.1 Å². The summed E-state index contributed by atoms with van der Waals surface area (Å²) in [6.07, 6.45) is 6.16. The van der Waals surface area contributed by atoms with E-state index >= 15 is 0 Å². The second-order valence-corrected chi connectivity index (χ2v) is 12.6. The molecule has 3 saturated carbocycles. The molecule has 1 aliphatic heterocycles. The number of hydrogen-bond donors (Lipinski definition) is 1. The fraction of sp³-hybridized carbons (Fsp3) is 0.630. The molecule has 1 heterocycles. The van der Waals surface area contributed by atoms with Crippen LogP contribution in [0.25, 0.3) is 0 Å². The van der Waals surface area contributed by atoms with E-state index in [1.165, 1.54) is 5.57 Å². The predicted molar refractivity (Wildman–Crippen MR) is 128 cm³/mol. The summed E-state index contributed by atoms with van der Waals surface area (Å²) in [5.41, 5.74) is 2.40. The summed E-state index contributed by atoms with van der Waals surface area (Å²) >= 11 is 6.72. The highest BCUT2D eigenvalue weighted by Gasteiger charge is 2.75. The van der Waals surface area contributed by atoms with Crippen molar-refractivity contribution in [3.8, 4) is 0 Å². The van der Waals surface area contributed by atoms with Crippen molar-refractivity contribution in [1.29, 1.82) is 0 Å². The minimum Gasteiger partial charge on any atom is -0.481 e. The van der Waals surface area contributed by atoms with Gasteiger partial charge >= 0.3 is 5.97 Å². The minimum absolute atomic E-state index is 0.0866. The lowest BCUT2D eigenvalue weighted by atomic mass is 9.38. The highest BCUT2D eigenvalue weighted by atomic mass is 35.5. The van der Waals surface area contributed by atoms with Crippen LogP contribution in [0.4, 0.5) is 0 Å². The Labute approximate surface area is 197 Å². The third kappa shape index (κ3) is 3.59. The molecular formula is C27H36ClNO3. The van der Waals surface area contributed by atoms with Gasteiger partial charge in [0.25, 0.3) is 0 Å². The van der Waals surface area contributed by atoms with Gasteiger partial charge in [-0.1, -0.05) is 65.3 Å². The van der Waals surface area contributed by atoms with E-state index in [0.29, 0.717) is 25.7 Å². The van der Waals surface area contributed by atoms with Crippen molar-refractivity contribution in [1.82, 2.24) is 4.90 Å². The number of benzene rings is 1. The van der Waals surface area contributed by atoms with Crippen LogP contribution in [0.3, 0.4) is 0 Å². The summed E-state index contributed by atoms with van der Waals surface area (Å²) in [5, 5.41) is 10.3. The summed E-state index contributed by atoms with van der Waals surface area (Å²) in [6.45, 7) is 13.2. The van der Waals surface area contributed by atoms with Crippen LogP contribution >= 0.6 is 11.6 Å². The average molecular weight is 458 g/mol. The molecule has 2 bridgehead atoms. The number of carboxylic acid groups (broad SMARTS) is 1. The number of aliphatic carboxylic acids is 1. The first-order valence-corrected chi connectivity index (χ1v) is 12.2. The number of carbonyl (C=O) groups is 2. The van der Waals surface area contributed by atoms with Crippen molar-refractivity contribution in [3.05, 3.63) is 46.1 Å². The number of hydrogen-bond acceptors (Lipinski definition) is 2. The lowest BCUT2D eigenvalue weighted by molar-refractivity contribution is -0.224. The maximum absolute atomic E-state index is 13.4. The van der Waals surface area contributed by atoms with E-state index in [-0.39, 0.29) is 22.8 Å². The second kappa shape index (κ2) is 7.35.